The van der Waals surface area contributed by atoms with Crippen molar-refractivity contribution in [1.82, 2.24) is 20.1 Å². The molecule has 1 N–H and O–H groups in total. The van der Waals surface area contributed by atoms with E-state index in [2.05, 4.69) is 46.3 Å². The maximum Gasteiger partial charge on any atom is 0.107 e. The van der Waals surface area contributed by atoms with Gasteiger partial charge in [0.05, 0.1) is 5.69 Å². The summed E-state index contributed by atoms with van der Waals surface area (Å²) < 4.78 is 0. The number of hydrogen-bond donors (Lipinski definition) is 1. The van der Waals surface area contributed by atoms with Crippen molar-refractivity contribution in [2.75, 3.05) is 39.8 Å². The fourth-order valence-corrected chi connectivity index (χ4v) is 3.09. The highest BCUT2D eigenvalue weighted by Gasteiger charge is 2.08. The van der Waals surface area contributed by atoms with Crippen LogP contribution in [0.4, 0.5) is 0 Å². The molecule has 0 aliphatic rings. The van der Waals surface area contributed by atoms with Crippen LogP contribution in [-0.4, -0.2) is 54.6 Å². The highest BCUT2D eigenvalue weighted by Crippen LogP contribution is 2.12. The Morgan fingerprint density at radius 2 is 1.75 bits per heavy atom. The van der Waals surface area contributed by atoms with Gasteiger partial charge >= 0.3 is 0 Å². The van der Waals surface area contributed by atoms with E-state index in [1.807, 2.05) is 7.05 Å². The summed E-state index contributed by atoms with van der Waals surface area (Å²) in [6.07, 6.45) is 1.24. The third-order valence-corrected chi connectivity index (χ3v) is 4.50. The number of thiazole rings is 1. The molecule has 20 heavy (non-hydrogen) atoms. The van der Waals surface area contributed by atoms with Gasteiger partial charge in [-0.25, -0.2) is 4.98 Å². The van der Waals surface area contributed by atoms with E-state index in [1.165, 1.54) is 23.7 Å². The number of nitrogens with zero attached hydrogens (tertiary/aromatic N) is 3. The lowest BCUT2D eigenvalue weighted by Gasteiger charge is -2.22. The first-order valence-corrected chi connectivity index (χ1v) is 8.63. The van der Waals surface area contributed by atoms with Gasteiger partial charge in [-0.15, -0.1) is 11.3 Å². The number of rotatable bonds is 11. The van der Waals surface area contributed by atoms with Crippen LogP contribution in [0.3, 0.4) is 0 Å². The highest BCUT2D eigenvalue weighted by molar-refractivity contribution is 7.09. The molecular formula is C15H30N4S. The van der Waals surface area contributed by atoms with Gasteiger partial charge in [0, 0.05) is 18.5 Å². The SMILES string of the molecule is CCN(CC)CCCN(CC)Cc1csc(CNC)n1. The summed E-state index contributed by atoms with van der Waals surface area (Å²) in [4.78, 5) is 9.64. The topological polar surface area (TPSA) is 31.4 Å². The van der Waals surface area contributed by atoms with Gasteiger partial charge in [-0.2, -0.15) is 0 Å². The molecule has 0 bridgehead atoms. The molecule has 0 atom stereocenters. The van der Waals surface area contributed by atoms with E-state index in [1.54, 1.807) is 11.3 Å². The first-order chi connectivity index (χ1) is 9.73. The Labute approximate surface area is 128 Å². The maximum atomic E-state index is 4.67. The van der Waals surface area contributed by atoms with E-state index in [0.29, 0.717) is 0 Å². The number of aromatic nitrogens is 1. The molecule has 1 heterocycles. The Hall–Kier alpha value is -0.490. The summed E-state index contributed by atoms with van der Waals surface area (Å²) in [6, 6.07) is 0. The van der Waals surface area contributed by atoms with Gasteiger partial charge in [0.15, 0.2) is 0 Å². The summed E-state index contributed by atoms with van der Waals surface area (Å²) in [5.41, 5.74) is 1.21. The van der Waals surface area contributed by atoms with Crippen molar-refractivity contribution < 1.29 is 0 Å². The minimum absolute atomic E-state index is 0.874. The standard InChI is InChI=1S/C15H30N4S/c1-5-18(6-2)9-8-10-19(7-3)12-14-13-20-15(17-14)11-16-4/h13,16H,5-12H2,1-4H3. The lowest BCUT2D eigenvalue weighted by molar-refractivity contribution is 0.237. The molecule has 0 amide bonds. The van der Waals surface area contributed by atoms with Crippen molar-refractivity contribution in [3.63, 3.8) is 0 Å². The molecular weight excluding hydrogens is 268 g/mol. The zero-order valence-electron chi connectivity index (χ0n) is 13.5. The normalized spacial score (nSPS) is 11.7. The molecule has 0 fully saturated rings. The van der Waals surface area contributed by atoms with E-state index in [0.717, 1.165) is 39.3 Å². The fraction of sp³-hybridized carbons (Fsp3) is 0.800. The molecule has 0 saturated heterocycles. The van der Waals surface area contributed by atoms with Crippen molar-refractivity contribution in [3.05, 3.63) is 16.1 Å². The lowest BCUT2D eigenvalue weighted by Crippen LogP contribution is -2.29. The van der Waals surface area contributed by atoms with Gasteiger partial charge in [0.2, 0.25) is 0 Å². The first kappa shape index (κ1) is 17.6. The number of nitrogens with one attached hydrogen (secondary N) is 1. The summed E-state index contributed by atoms with van der Waals surface area (Å²) in [6.45, 7) is 14.3. The zero-order chi connectivity index (χ0) is 14.8. The Morgan fingerprint density at radius 3 is 2.35 bits per heavy atom. The molecule has 1 aromatic rings. The lowest BCUT2D eigenvalue weighted by atomic mass is 10.3. The summed E-state index contributed by atoms with van der Waals surface area (Å²) in [5, 5.41) is 6.53. The average Bonchev–Trinajstić information content (AvgIpc) is 2.90. The Morgan fingerprint density at radius 1 is 1.10 bits per heavy atom. The van der Waals surface area contributed by atoms with Gasteiger partial charge in [0.1, 0.15) is 5.01 Å². The molecule has 1 rings (SSSR count). The van der Waals surface area contributed by atoms with Crippen molar-refractivity contribution >= 4 is 11.3 Å². The molecule has 0 aliphatic heterocycles. The molecule has 0 aromatic carbocycles. The van der Waals surface area contributed by atoms with Gasteiger partial charge in [-0.3, -0.25) is 4.90 Å². The molecule has 4 nitrogen and oxygen atoms in total. The second kappa shape index (κ2) is 10.3. The fourth-order valence-electron chi connectivity index (χ4n) is 2.29. The largest absolute Gasteiger partial charge is 0.314 e. The van der Waals surface area contributed by atoms with Crippen molar-refractivity contribution in [1.29, 1.82) is 0 Å². The molecule has 0 saturated carbocycles. The molecule has 0 spiro atoms. The van der Waals surface area contributed by atoms with Crippen molar-refractivity contribution in [2.45, 2.75) is 40.3 Å². The smallest absolute Gasteiger partial charge is 0.107 e. The summed E-state index contributed by atoms with van der Waals surface area (Å²) >= 11 is 1.75. The highest BCUT2D eigenvalue weighted by atomic mass is 32.1. The zero-order valence-corrected chi connectivity index (χ0v) is 14.3. The summed E-state index contributed by atoms with van der Waals surface area (Å²) in [5.74, 6) is 0. The number of hydrogen-bond acceptors (Lipinski definition) is 5. The van der Waals surface area contributed by atoms with Gasteiger partial charge in [0.25, 0.3) is 0 Å². The second-order valence-electron chi connectivity index (χ2n) is 5.01. The Bertz CT molecular complexity index is 349. The van der Waals surface area contributed by atoms with Crippen molar-refractivity contribution in [3.8, 4) is 0 Å². The van der Waals surface area contributed by atoms with Crippen LogP contribution in [0, 0.1) is 0 Å². The minimum Gasteiger partial charge on any atom is -0.314 e. The van der Waals surface area contributed by atoms with Crippen LogP contribution in [0.1, 0.15) is 37.9 Å². The van der Waals surface area contributed by atoms with E-state index >= 15 is 0 Å². The van der Waals surface area contributed by atoms with Crippen LogP contribution in [0.15, 0.2) is 5.38 Å². The monoisotopic (exact) mass is 298 g/mol. The molecule has 0 aliphatic carbocycles. The van der Waals surface area contributed by atoms with Crippen molar-refractivity contribution in [2.24, 2.45) is 0 Å². The van der Waals surface area contributed by atoms with Crippen LogP contribution in [0.5, 0.6) is 0 Å². The molecule has 0 radical (unpaired) electrons. The first-order valence-electron chi connectivity index (χ1n) is 7.76. The minimum atomic E-state index is 0.874. The van der Waals surface area contributed by atoms with Crippen LogP contribution < -0.4 is 5.32 Å². The molecule has 1 aromatic heterocycles. The van der Waals surface area contributed by atoms with E-state index in [-0.39, 0.29) is 0 Å². The van der Waals surface area contributed by atoms with Gasteiger partial charge in [-0.05, 0) is 46.2 Å². The maximum absolute atomic E-state index is 4.67. The van der Waals surface area contributed by atoms with Gasteiger partial charge in [-0.1, -0.05) is 20.8 Å². The second-order valence-corrected chi connectivity index (χ2v) is 5.95. The average molecular weight is 298 g/mol. The van der Waals surface area contributed by atoms with Crippen LogP contribution in [0.2, 0.25) is 0 Å². The third kappa shape index (κ3) is 6.31. The Balaban J connectivity index is 2.34. The van der Waals surface area contributed by atoms with Crippen LogP contribution >= 0.6 is 11.3 Å². The summed E-state index contributed by atoms with van der Waals surface area (Å²) in [7, 11) is 1.96. The quantitative estimate of drug-likeness (QED) is 0.680. The van der Waals surface area contributed by atoms with E-state index in [9.17, 15) is 0 Å². The van der Waals surface area contributed by atoms with E-state index in [4.69, 9.17) is 0 Å². The van der Waals surface area contributed by atoms with E-state index < -0.39 is 0 Å². The molecule has 0 unspecified atom stereocenters. The predicted octanol–water partition coefficient (Wildman–Crippen LogP) is 2.42. The molecule has 116 valence electrons. The molecule has 5 heteroatoms. The predicted molar refractivity (Wildman–Crippen MR) is 88.2 cm³/mol. The van der Waals surface area contributed by atoms with Gasteiger partial charge < -0.3 is 10.2 Å². The van der Waals surface area contributed by atoms with Crippen LogP contribution in [0.25, 0.3) is 0 Å². The Kier molecular flexibility index (Phi) is 9.02. The third-order valence-electron chi connectivity index (χ3n) is 3.60. The van der Waals surface area contributed by atoms with Crippen LogP contribution in [-0.2, 0) is 13.1 Å².